The predicted octanol–water partition coefficient (Wildman–Crippen LogP) is 3.07. The maximum atomic E-state index is 4.60. The lowest BCUT2D eigenvalue weighted by Gasteiger charge is -2.04. The first-order valence-electron chi connectivity index (χ1n) is 5.23. The molecule has 0 unspecified atom stereocenters. The number of hydrogen-bond acceptors (Lipinski definition) is 1. The van der Waals surface area contributed by atoms with Crippen molar-refractivity contribution in [2.24, 2.45) is 0 Å². The van der Waals surface area contributed by atoms with E-state index in [-0.39, 0.29) is 0 Å². The summed E-state index contributed by atoms with van der Waals surface area (Å²) < 4.78 is 2.06. The molecule has 2 heteroatoms. The van der Waals surface area contributed by atoms with Crippen LogP contribution in [-0.4, -0.2) is 9.38 Å². The van der Waals surface area contributed by atoms with Crippen LogP contribution < -0.4 is 0 Å². The van der Waals surface area contributed by atoms with Gasteiger partial charge in [-0.25, -0.2) is 4.98 Å². The van der Waals surface area contributed by atoms with Crippen molar-refractivity contribution in [2.75, 3.05) is 0 Å². The number of hydrogen-bond donors (Lipinski definition) is 0. The average molecular weight is 196 g/mol. The zero-order valence-electron chi connectivity index (χ0n) is 8.43. The molecule has 2 aromatic rings. The molecule has 1 aliphatic rings. The van der Waals surface area contributed by atoms with E-state index in [1.807, 2.05) is 24.4 Å². The third kappa shape index (κ3) is 1.48. The van der Waals surface area contributed by atoms with E-state index < -0.39 is 0 Å². The highest BCUT2D eigenvalue weighted by Gasteiger charge is 2.07. The Morgan fingerprint density at radius 3 is 3.07 bits per heavy atom. The highest BCUT2D eigenvalue weighted by Crippen LogP contribution is 2.22. The number of rotatable bonds is 1. The van der Waals surface area contributed by atoms with Gasteiger partial charge < -0.3 is 4.40 Å². The Morgan fingerprint density at radius 1 is 1.27 bits per heavy atom. The minimum absolute atomic E-state index is 1.02. The minimum atomic E-state index is 1.02. The quantitative estimate of drug-likeness (QED) is 0.685. The average Bonchev–Trinajstić information content (AvgIpc) is 2.74. The van der Waals surface area contributed by atoms with E-state index in [1.165, 1.54) is 5.57 Å². The van der Waals surface area contributed by atoms with Gasteiger partial charge in [0.2, 0.25) is 0 Å². The number of nitrogens with zero attached hydrogens (tertiary/aromatic N) is 2. The van der Waals surface area contributed by atoms with Crippen LogP contribution in [0.4, 0.5) is 0 Å². The summed E-state index contributed by atoms with van der Waals surface area (Å²) in [6.45, 7) is 0. The number of imidazole rings is 1. The second kappa shape index (κ2) is 3.39. The highest BCUT2D eigenvalue weighted by atomic mass is 15.0. The third-order valence-corrected chi connectivity index (χ3v) is 2.71. The normalized spacial score (nSPS) is 15.6. The first kappa shape index (κ1) is 8.48. The lowest BCUT2D eigenvalue weighted by molar-refractivity contribution is 1.04. The topological polar surface area (TPSA) is 17.3 Å². The van der Waals surface area contributed by atoms with Crippen LogP contribution in [0.25, 0.3) is 11.2 Å². The van der Waals surface area contributed by atoms with Crippen LogP contribution in [0.5, 0.6) is 0 Å². The van der Waals surface area contributed by atoms with Crippen LogP contribution in [0, 0.1) is 0 Å². The van der Waals surface area contributed by atoms with E-state index in [4.69, 9.17) is 0 Å². The molecule has 0 saturated carbocycles. The SMILES string of the molecule is C1=CCCC(c2cn3ccccc3n2)=C1. The maximum absolute atomic E-state index is 4.60. The lowest BCUT2D eigenvalue weighted by atomic mass is 10.0. The molecule has 0 aliphatic heterocycles. The lowest BCUT2D eigenvalue weighted by Crippen LogP contribution is -1.87. The fraction of sp³-hybridized carbons (Fsp3) is 0.154. The van der Waals surface area contributed by atoms with Crippen molar-refractivity contribution in [2.45, 2.75) is 12.8 Å². The van der Waals surface area contributed by atoms with Gasteiger partial charge in [0.05, 0.1) is 5.69 Å². The second-order valence-corrected chi connectivity index (χ2v) is 3.75. The molecule has 0 bridgehead atoms. The van der Waals surface area contributed by atoms with Crippen LogP contribution in [0.1, 0.15) is 18.5 Å². The van der Waals surface area contributed by atoms with Crippen molar-refractivity contribution in [3.63, 3.8) is 0 Å². The molecule has 2 nitrogen and oxygen atoms in total. The molecular formula is C13H12N2. The Kier molecular flexibility index (Phi) is 1.91. The van der Waals surface area contributed by atoms with E-state index >= 15 is 0 Å². The van der Waals surface area contributed by atoms with Gasteiger partial charge >= 0.3 is 0 Å². The number of allylic oxidation sites excluding steroid dienone is 4. The summed E-state index contributed by atoms with van der Waals surface area (Å²) in [7, 11) is 0. The summed E-state index contributed by atoms with van der Waals surface area (Å²) in [4.78, 5) is 4.60. The smallest absolute Gasteiger partial charge is 0.137 e. The summed E-state index contributed by atoms with van der Waals surface area (Å²) in [5.74, 6) is 0. The van der Waals surface area contributed by atoms with Gasteiger partial charge in [0.15, 0.2) is 0 Å². The zero-order valence-corrected chi connectivity index (χ0v) is 8.43. The van der Waals surface area contributed by atoms with Crippen molar-refractivity contribution in [3.05, 3.63) is 54.5 Å². The van der Waals surface area contributed by atoms with Crippen LogP contribution >= 0.6 is 0 Å². The molecule has 3 rings (SSSR count). The van der Waals surface area contributed by atoms with Gasteiger partial charge in [0.1, 0.15) is 5.65 Å². The molecule has 0 spiro atoms. The molecule has 0 amide bonds. The van der Waals surface area contributed by atoms with Crippen molar-refractivity contribution < 1.29 is 0 Å². The Hall–Kier alpha value is -1.83. The first-order valence-corrected chi connectivity index (χ1v) is 5.23. The van der Waals surface area contributed by atoms with Gasteiger partial charge in [0.25, 0.3) is 0 Å². The molecule has 0 saturated heterocycles. The summed E-state index contributed by atoms with van der Waals surface area (Å²) >= 11 is 0. The van der Waals surface area contributed by atoms with Crippen molar-refractivity contribution in [3.8, 4) is 0 Å². The second-order valence-electron chi connectivity index (χ2n) is 3.75. The van der Waals surface area contributed by atoms with Crippen LogP contribution in [0.2, 0.25) is 0 Å². The summed E-state index contributed by atoms with van der Waals surface area (Å²) in [5.41, 5.74) is 3.45. The Morgan fingerprint density at radius 2 is 2.27 bits per heavy atom. The van der Waals surface area contributed by atoms with Gasteiger partial charge in [-0.15, -0.1) is 0 Å². The fourth-order valence-corrected chi connectivity index (χ4v) is 1.91. The van der Waals surface area contributed by atoms with E-state index in [2.05, 4.69) is 33.8 Å². The molecule has 0 radical (unpaired) electrons. The molecular weight excluding hydrogens is 184 g/mol. The molecule has 0 N–H and O–H groups in total. The molecule has 2 heterocycles. The molecule has 0 aromatic carbocycles. The molecule has 0 atom stereocenters. The van der Waals surface area contributed by atoms with Crippen LogP contribution in [-0.2, 0) is 0 Å². The monoisotopic (exact) mass is 196 g/mol. The van der Waals surface area contributed by atoms with Crippen LogP contribution in [0.3, 0.4) is 0 Å². The Labute approximate surface area is 88.6 Å². The van der Waals surface area contributed by atoms with E-state index in [1.54, 1.807) is 0 Å². The third-order valence-electron chi connectivity index (χ3n) is 2.71. The molecule has 1 aliphatic carbocycles. The maximum Gasteiger partial charge on any atom is 0.137 e. The summed E-state index contributed by atoms with van der Waals surface area (Å²) in [5, 5.41) is 0. The van der Waals surface area contributed by atoms with Crippen LogP contribution in [0.15, 0.2) is 48.8 Å². The van der Waals surface area contributed by atoms with E-state index in [0.717, 1.165) is 24.2 Å². The van der Waals surface area contributed by atoms with E-state index in [0.29, 0.717) is 0 Å². The molecule has 2 aromatic heterocycles. The van der Waals surface area contributed by atoms with Gasteiger partial charge in [-0.05, 0) is 30.5 Å². The van der Waals surface area contributed by atoms with Crippen molar-refractivity contribution in [1.82, 2.24) is 9.38 Å². The van der Waals surface area contributed by atoms with Crippen molar-refractivity contribution in [1.29, 1.82) is 0 Å². The molecule has 15 heavy (non-hydrogen) atoms. The molecule has 74 valence electrons. The number of aromatic nitrogens is 2. The fourth-order valence-electron chi connectivity index (χ4n) is 1.91. The minimum Gasteiger partial charge on any atom is -0.306 e. The number of fused-ring (bicyclic) bond motifs is 1. The summed E-state index contributed by atoms with van der Waals surface area (Å²) in [6.07, 6.45) is 12.8. The first-order chi connectivity index (χ1) is 7.43. The predicted molar refractivity (Wildman–Crippen MR) is 61.5 cm³/mol. The van der Waals surface area contributed by atoms with Crippen molar-refractivity contribution >= 4 is 11.2 Å². The zero-order chi connectivity index (χ0) is 10.1. The highest BCUT2D eigenvalue weighted by molar-refractivity contribution is 5.67. The Bertz CT molecular complexity index is 513. The number of pyridine rings is 1. The largest absolute Gasteiger partial charge is 0.306 e. The Balaban J connectivity index is 2.11. The standard InChI is InChI=1S/C13H12N2/c1-2-6-11(7-3-1)12-10-15-9-5-4-8-13(15)14-12/h1-2,4-6,8-10H,3,7H2. The molecule has 0 fully saturated rings. The van der Waals surface area contributed by atoms with Gasteiger partial charge in [0, 0.05) is 12.4 Å². The van der Waals surface area contributed by atoms with Gasteiger partial charge in [-0.3, -0.25) is 0 Å². The van der Waals surface area contributed by atoms with E-state index in [9.17, 15) is 0 Å². The van der Waals surface area contributed by atoms with Gasteiger partial charge in [-0.1, -0.05) is 24.3 Å². The summed E-state index contributed by atoms with van der Waals surface area (Å²) in [6, 6.07) is 6.07. The van der Waals surface area contributed by atoms with Gasteiger partial charge in [-0.2, -0.15) is 0 Å².